The summed E-state index contributed by atoms with van der Waals surface area (Å²) in [6, 6.07) is 9.50. The molecule has 0 aromatic heterocycles. The van der Waals surface area contributed by atoms with Gasteiger partial charge in [-0.2, -0.15) is 0 Å². The second-order valence-corrected chi connectivity index (χ2v) is 9.06. The Morgan fingerprint density at radius 1 is 1.04 bits per heavy atom. The van der Waals surface area contributed by atoms with Crippen LogP contribution in [-0.4, -0.2) is 18.4 Å². The summed E-state index contributed by atoms with van der Waals surface area (Å²) in [6.45, 7) is 2.32. The number of hydrogen-bond acceptors (Lipinski definition) is 2. The van der Waals surface area contributed by atoms with E-state index >= 15 is 0 Å². The zero-order chi connectivity index (χ0) is 18.1. The number of hydrogen-bond donors (Lipinski definition) is 2. The molecule has 1 atom stereocenters. The fourth-order valence-corrected chi connectivity index (χ4v) is 6.23. The summed E-state index contributed by atoms with van der Waals surface area (Å²) < 4.78 is 0. The zero-order valence-corrected chi connectivity index (χ0v) is 15.7. The Morgan fingerprint density at radius 2 is 1.62 bits per heavy atom. The van der Waals surface area contributed by atoms with E-state index in [0.717, 1.165) is 29.9 Å². The molecule has 0 heterocycles. The highest BCUT2D eigenvalue weighted by Crippen LogP contribution is 2.59. The van der Waals surface area contributed by atoms with Crippen molar-refractivity contribution in [2.24, 2.45) is 23.2 Å². The molecule has 4 saturated carbocycles. The minimum absolute atomic E-state index is 0.0448. The van der Waals surface area contributed by atoms with Gasteiger partial charge in [-0.1, -0.05) is 30.3 Å². The van der Waals surface area contributed by atoms with Crippen molar-refractivity contribution < 1.29 is 9.59 Å². The van der Waals surface area contributed by atoms with Crippen molar-refractivity contribution in [2.75, 3.05) is 6.54 Å². The molecule has 26 heavy (non-hydrogen) atoms. The Balaban J connectivity index is 1.36. The normalized spacial score (nSPS) is 32.9. The van der Waals surface area contributed by atoms with Gasteiger partial charge in [0.2, 0.25) is 11.8 Å². The van der Waals surface area contributed by atoms with E-state index in [4.69, 9.17) is 0 Å². The first-order valence-electron chi connectivity index (χ1n) is 10.1. The van der Waals surface area contributed by atoms with Crippen molar-refractivity contribution in [1.29, 1.82) is 0 Å². The van der Waals surface area contributed by atoms with Gasteiger partial charge < -0.3 is 10.6 Å². The molecular formula is C22H30N2O2. The van der Waals surface area contributed by atoms with Crippen LogP contribution in [0.25, 0.3) is 0 Å². The second kappa shape index (κ2) is 7.05. The van der Waals surface area contributed by atoms with Crippen molar-refractivity contribution in [3.05, 3.63) is 35.9 Å². The van der Waals surface area contributed by atoms with Crippen molar-refractivity contribution >= 4 is 11.8 Å². The molecule has 0 saturated heterocycles. The fraction of sp³-hybridized carbons (Fsp3) is 0.636. The number of nitrogens with one attached hydrogen (secondary N) is 2. The van der Waals surface area contributed by atoms with Gasteiger partial charge in [0.1, 0.15) is 0 Å². The number of benzene rings is 1. The second-order valence-electron chi connectivity index (χ2n) is 9.06. The van der Waals surface area contributed by atoms with Gasteiger partial charge in [0.25, 0.3) is 0 Å². The van der Waals surface area contributed by atoms with Crippen LogP contribution in [0.15, 0.2) is 30.3 Å². The summed E-state index contributed by atoms with van der Waals surface area (Å²) in [5.41, 5.74) is 1.33. The van der Waals surface area contributed by atoms with E-state index in [9.17, 15) is 9.59 Å². The molecule has 0 spiro atoms. The summed E-state index contributed by atoms with van der Waals surface area (Å²) >= 11 is 0. The molecule has 1 aromatic rings. The first-order chi connectivity index (χ1) is 12.5. The average Bonchev–Trinajstić information content (AvgIpc) is 2.59. The van der Waals surface area contributed by atoms with Crippen molar-refractivity contribution in [2.45, 2.75) is 57.9 Å². The molecule has 5 rings (SSSR count). The summed E-state index contributed by atoms with van der Waals surface area (Å²) in [7, 11) is 0. The van der Waals surface area contributed by atoms with Gasteiger partial charge in [0.05, 0.1) is 12.5 Å². The molecule has 4 fully saturated rings. The lowest BCUT2D eigenvalue weighted by Gasteiger charge is -2.56. The number of carbonyl (C=O) groups excluding carboxylic acids is 2. The van der Waals surface area contributed by atoms with Gasteiger partial charge >= 0.3 is 0 Å². The number of rotatable bonds is 6. The molecule has 2 N–H and O–H groups in total. The first kappa shape index (κ1) is 17.6. The van der Waals surface area contributed by atoms with Crippen LogP contribution >= 0.6 is 0 Å². The summed E-state index contributed by atoms with van der Waals surface area (Å²) in [5.74, 6) is 2.63. The first-order valence-corrected chi connectivity index (χ1v) is 10.1. The van der Waals surface area contributed by atoms with E-state index in [1.807, 2.05) is 30.3 Å². The molecule has 0 unspecified atom stereocenters. The van der Waals surface area contributed by atoms with E-state index in [2.05, 4.69) is 10.6 Å². The summed E-state index contributed by atoms with van der Waals surface area (Å²) in [4.78, 5) is 24.2. The Labute approximate surface area is 156 Å². The van der Waals surface area contributed by atoms with Gasteiger partial charge in [0.15, 0.2) is 0 Å². The van der Waals surface area contributed by atoms with Gasteiger partial charge in [-0.3, -0.25) is 9.59 Å². The van der Waals surface area contributed by atoms with Crippen molar-refractivity contribution in [1.82, 2.24) is 10.6 Å². The SMILES string of the molecule is CC(=O)N[C@H](CC(=O)NCC12CC3CC(CC(C3)C1)C2)c1ccccc1. The van der Waals surface area contributed by atoms with Gasteiger partial charge in [-0.05, 0) is 67.3 Å². The summed E-state index contributed by atoms with van der Waals surface area (Å²) in [6.07, 6.45) is 8.46. The molecule has 0 radical (unpaired) electrons. The van der Waals surface area contributed by atoms with Crippen LogP contribution in [0.3, 0.4) is 0 Å². The molecule has 4 bridgehead atoms. The third-order valence-electron chi connectivity index (χ3n) is 6.79. The van der Waals surface area contributed by atoms with E-state index in [0.29, 0.717) is 11.8 Å². The van der Waals surface area contributed by atoms with Crippen LogP contribution < -0.4 is 10.6 Å². The predicted octanol–water partition coefficient (Wildman–Crippen LogP) is 3.59. The standard InChI is InChI=1S/C22H30N2O2/c1-15(25)24-20(19-5-3-2-4-6-19)10-21(26)23-14-22-11-16-7-17(12-22)9-18(8-16)13-22/h2-6,16-18,20H,7-14H2,1H3,(H,23,26)(H,24,25)/t16?,17?,18?,20-,22?/m1/s1. The van der Waals surface area contributed by atoms with Crippen LogP contribution in [0.2, 0.25) is 0 Å². The largest absolute Gasteiger partial charge is 0.355 e. The maximum absolute atomic E-state index is 12.6. The monoisotopic (exact) mass is 354 g/mol. The Kier molecular flexibility index (Phi) is 4.76. The van der Waals surface area contributed by atoms with E-state index in [-0.39, 0.29) is 17.9 Å². The van der Waals surface area contributed by atoms with Crippen LogP contribution in [-0.2, 0) is 9.59 Å². The van der Waals surface area contributed by atoms with E-state index < -0.39 is 0 Å². The van der Waals surface area contributed by atoms with E-state index in [1.54, 1.807) is 0 Å². The minimum atomic E-state index is -0.259. The predicted molar refractivity (Wildman–Crippen MR) is 101 cm³/mol. The maximum Gasteiger partial charge on any atom is 0.222 e. The average molecular weight is 354 g/mol. The Hall–Kier alpha value is -1.84. The molecule has 4 aliphatic rings. The van der Waals surface area contributed by atoms with Gasteiger partial charge in [-0.25, -0.2) is 0 Å². The fourth-order valence-electron chi connectivity index (χ4n) is 6.23. The Bertz CT molecular complexity index is 635. The van der Waals surface area contributed by atoms with Gasteiger partial charge in [-0.15, -0.1) is 0 Å². The van der Waals surface area contributed by atoms with E-state index in [1.165, 1.54) is 45.4 Å². The highest BCUT2D eigenvalue weighted by atomic mass is 16.2. The molecule has 2 amide bonds. The molecule has 4 nitrogen and oxygen atoms in total. The minimum Gasteiger partial charge on any atom is -0.355 e. The lowest BCUT2D eigenvalue weighted by molar-refractivity contribution is -0.124. The van der Waals surface area contributed by atoms with Crippen molar-refractivity contribution in [3.8, 4) is 0 Å². The van der Waals surface area contributed by atoms with Crippen LogP contribution in [0.1, 0.15) is 63.5 Å². The third kappa shape index (κ3) is 3.79. The van der Waals surface area contributed by atoms with Crippen LogP contribution in [0.4, 0.5) is 0 Å². The van der Waals surface area contributed by atoms with Crippen molar-refractivity contribution in [3.63, 3.8) is 0 Å². The third-order valence-corrected chi connectivity index (χ3v) is 6.79. The van der Waals surface area contributed by atoms with Crippen LogP contribution in [0, 0.1) is 23.2 Å². The number of carbonyl (C=O) groups is 2. The maximum atomic E-state index is 12.6. The highest BCUT2D eigenvalue weighted by molar-refractivity contribution is 5.79. The lowest BCUT2D eigenvalue weighted by Crippen LogP contribution is -2.51. The quantitative estimate of drug-likeness (QED) is 0.820. The molecule has 140 valence electrons. The Morgan fingerprint density at radius 3 is 2.15 bits per heavy atom. The zero-order valence-electron chi connectivity index (χ0n) is 15.7. The lowest BCUT2D eigenvalue weighted by atomic mass is 9.49. The molecule has 1 aromatic carbocycles. The summed E-state index contributed by atoms with van der Waals surface area (Å²) in [5, 5.41) is 6.14. The van der Waals surface area contributed by atoms with Gasteiger partial charge in [0, 0.05) is 13.5 Å². The topological polar surface area (TPSA) is 58.2 Å². The highest BCUT2D eigenvalue weighted by Gasteiger charge is 2.50. The molecular weight excluding hydrogens is 324 g/mol. The smallest absolute Gasteiger partial charge is 0.222 e. The molecule has 4 aliphatic carbocycles. The number of amides is 2. The van der Waals surface area contributed by atoms with Crippen LogP contribution in [0.5, 0.6) is 0 Å². The molecule has 0 aliphatic heterocycles. The molecule has 4 heteroatoms.